The van der Waals surface area contributed by atoms with Crippen LogP contribution in [-0.2, 0) is 10.4 Å². The molecule has 1 aliphatic rings. The SMILES string of the molecule is CC(C)(C)C(=O)Nc1ccc(Cl)cc1[C@@](O)(C#CC1CC1)C(F)(F)F. The lowest BCUT2D eigenvalue weighted by Crippen LogP contribution is -2.42. The van der Waals surface area contributed by atoms with Crippen molar-refractivity contribution in [3.8, 4) is 11.8 Å². The maximum atomic E-state index is 13.6. The fourth-order valence-corrected chi connectivity index (χ4v) is 2.13. The van der Waals surface area contributed by atoms with E-state index in [0.29, 0.717) is 12.8 Å². The van der Waals surface area contributed by atoms with E-state index < -0.39 is 28.7 Å². The molecule has 1 saturated carbocycles. The van der Waals surface area contributed by atoms with Crippen LogP contribution in [0.4, 0.5) is 18.9 Å². The van der Waals surface area contributed by atoms with Crippen molar-refractivity contribution in [3.05, 3.63) is 28.8 Å². The molecule has 0 unspecified atom stereocenters. The highest BCUT2D eigenvalue weighted by atomic mass is 35.5. The van der Waals surface area contributed by atoms with Gasteiger partial charge >= 0.3 is 6.18 Å². The average Bonchev–Trinajstić information content (AvgIpc) is 3.28. The number of nitrogens with one attached hydrogen (secondary N) is 1. The van der Waals surface area contributed by atoms with Gasteiger partial charge in [0.2, 0.25) is 11.5 Å². The molecular formula is C18H19ClF3NO2. The molecule has 0 aliphatic heterocycles. The number of aliphatic hydroxyl groups is 1. The fourth-order valence-electron chi connectivity index (χ4n) is 1.96. The van der Waals surface area contributed by atoms with Gasteiger partial charge in [0.15, 0.2) is 0 Å². The summed E-state index contributed by atoms with van der Waals surface area (Å²) in [6, 6.07) is 3.56. The van der Waals surface area contributed by atoms with Crippen LogP contribution < -0.4 is 5.32 Å². The first kappa shape index (κ1) is 19.6. The molecule has 25 heavy (non-hydrogen) atoms. The molecule has 1 aromatic rings. The summed E-state index contributed by atoms with van der Waals surface area (Å²) in [5.41, 5.74) is -5.00. The number of hydrogen-bond donors (Lipinski definition) is 2. The standard InChI is InChI=1S/C18H19ClF3NO2/c1-16(2,3)15(24)23-14-7-6-12(19)10-13(14)17(25,18(20,21)22)9-8-11-4-5-11/h6-7,10-11,25H,4-5H2,1-3H3,(H,23,24)/t17-/m0/s1. The molecular weight excluding hydrogens is 355 g/mol. The van der Waals surface area contributed by atoms with E-state index in [-0.39, 0.29) is 16.6 Å². The van der Waals surface area contributed by atoms with E-state index in [1.54, 1.807) is 20.8 Å². The van der Waals surface area contributed by atoms with Gasteiger partial charge in [-0.25, -0.2) is 0 Å². The molecule has 0 heterocycles. The summed E-state index contributed by atoms with van der Waals surface area (Å²) in [4.78, 5) is 12.2. The number of benzene rings is 1. The Morgan fingerprint density at radius 3 is 2.36 bits per heavy atom. The molecule has 7 heteroatoms. The normalized spacial score (nSPS) is 17.3. The third-order valence-corrected chi connectivity index (χ3v) is 3.98. The lowest BCUT2D eigenvalue weighted by molar-refractivity contribution is -0.240. The van der Waals surface area contributed by atoms with Gasteiger partial charge in [-0.05, 0) is 31.0 Å². The monoisotopic (exact) mass is 373 g/mol. The molecule has 0 saturated heterocycles. The van der Waals surface area contributed by atoms with Crippen LogP contribution in [0.25, 0.3) is 0 Å². The molecule has 3 nitrogen and oxygen atoms in total. The Morgan fingerprint density at radius 1 is 1.28 bits per heavy atom. The van der Waals surface area contributed by atoms with Crippen LogP contribution >= 0.6 is 11.6 Å². The second kappa shape index (κ2) is 6.54. The summed E-state index contributed by atoms with van der Waals surface area (Å²) < 4.78 is 40.9. The zero-order valence-corrected chi connectivity index (χ0v) is 14.8. The molecule has 0 aromatic heterocycles. The van der Waals surface area contributed by atoms with E-state index in [2.05, 4.69) is 11.2 Å². The first-order chi connectivity index (χ1) is 11.3. The van der Waals surface area contributed by atoms with Gasteiger partial charge in [-0.15, -0.1) is 0 Å². The molecule has 136 valence electrons. The minimum atomic E-state index is -5.05. The number of rotatable bonds is 2. The highest BCUT2D eigenvalue weighted by Gasteiger charge is 2.55. The van der Waals surface area contributed by atoms with Crippen molar-refractivity contribution in [2.45, 2.75) is 45.4 Å². The second-order valence-electron chi connectivity index (χ2n) is 7.15. The fraction of sp³-hybridized carbons (Fsp3) is 0.500. The minimum absolute atomic E-state index is 0.000320. The van der Waals surface area contributed by atoms with Crippen molar-refractivity contribution in [1.29, 1.82) is 0 Å². The third kappa shape index (κ3) is 4.47. The van der Waals surface area contributed by atoms with Crippen LogP contribution in [0.2, 0.25) is 5.02 Å². The Labute approximate surface area is 149 Å². The van der Waals surface area contributed by atoms with E-state index in [1.807, 2.05) is 5.92 Å². The molecule has 1 amide bonds. The van der Waals surface area contributed by atoms with Crippen LogP contribution in [0.15, 0.2) is 18.2 Å². The zero-order chi connectivity index (χ0) is 19.0. The number of anilines is 1. The molecule has 1 aliphatic carbocycles. The van der Waals surface area contributed by atoms with Crippen LogP contribution in [0.5, 0.6) is 0 Å². The number of amides is 1. The average molecular weight is 374 g/mol. The second-order valence-corrected chi connectivity index (χ2v) is 7.58. The van der Waals surface area contributed by atoms with Gasteiger partial charge in [-0.2, -0.15) is 13.2 Å². The Balaban J connectivity index is 2.55. The van der Waals surface area contributed by atoms with Crippen molar-refractivity contribution >= 4 is 23.2 Å². The molecule has 0 radical (unpaired) electrons. The number of alkyl halides is 3. The van der Waals surface area contributed by atoms with E-state index >= 15 is 0 Å². The van der Waals surface area contributed by atoms with Crippen LogP contribution in [0.3, 0.4) is 0 Å². The Bertz CT molecular complexity index is 739. The molecule has 1 fully saturated rings. The number of hydrogen-bond acceptors (Lipinski definition) is 2. The molecule has 1 atom stereocenters. The highest BCUT2D eigenvalue weighted by Crippen LogP contribution is 2.43. The lowest BCUT2D eigenvalue weighted by atomic mass is 9.90. The van der Waals surface area contributed by atoms with Gasteiger partial charge < -0.3 is 10.4 Å². The maximum absolute atomic E-state index is 13.6. The Kier molecular flexibility index (Phi) is 5.13. The van der Waals surface area contributed by atoms with Gasteiger partial charge in [0, 0.05) is 27.6 Å². The molecule has 0 spiro atoms. The Hall–Kier alpha value is -1.71. The number of halogens is 4. The highest BCUT2D eigenvalue weighted by molar-refractivity contribution is 6.30. The molecule has 2 N–H and O–H groups in total. The van der Waals surface area contributed by atoms with Crippen molar-refractivity contribution in [3.63, 3.8) is 0 Å². The quantitative estimate of drug-likeness (QED) is 0.750. The molecule has 2 rings (SSSR count). The van der Waals surface area contributed by atoms with E-state index in [9.17, 15) is 23.1 Å². The summed E-state index contributed by atoms with van der Waals surface area (Å²) >= 11 is 5.84. The van der Waals surface area contributed by atoms with E-state index in [1.165, 1.54) is 12.1 Å². The largest absolute Gasteiger partial charge is 0.433 e. The van der Waals surface area contributed by atoms with Crippen LogP contribution in [0, 0.1) is 23.2 Å². The molecule has 1 aromatic carbocycles. The van der Waals surface area contributed by atoms with Crippen molar-refractivity contribution in [2.75, 3.05) is 5.32 Å². The predicted octanol–water partition coefficient (Wildman–Crippen LogP) is 4.49. The summed E-state index contributed by atoms with van der Waals surface area (Å²) in [7, 11) is 0. The van der Waals surface area contributed by atoms with Crippen molar-refractivity contribution < 1.29 is 23.1 Å². The summed E-state index contributed by atoms with van der Waals surface area (Å²) in [6.07, 6.45) is -3.63. The maximum Gasteiger partial charge on any atom is 0.433 e. The first-order valence-electron chi connectivity index (χ1n) is 7.78. The summed E-state index contributed by atoms with van der Waals surface area (Å²) in [6.45, 7) is 4.88. The van der Waals surface area contributed by atoms with Crippen LogP contribution in [0.1, 0.15) is 39.2 Å². The molecule has 0 bridgehead atoms. The smallest absolute Gasteiger partial charge is 0.366 e. The van der Waals surface area contributed by atoms with E-state index in [4.69, 9.17) is 11.6 Å². The minimum Gasteiger partial charge on any atom is -0.366 e. The lowest BCUT2D eigenvalue weighted by Gasteiger charge is -2.29. The number of carbonyl (C=O) groups excluding carboxylic acids is 1. The predicted molar refractivity (Wildman–Crippen MR) is 90.0 cm³/mol. The van der Waals surface area contributed by atoms with Gasteiger partial charge in [0.25, 0.3) is 0 Å². The van der Waals surface area contributed by atoms with E-state index in [0.717, 1.165) is 6.07 Å². The first-order valence-corrected chi connectivity index (χ1v) is 8.15. The topological polar surface area (TPSA) is 49.3 Å². The van der Waals surface area contributed by atoms with Gasteiger partial charge in [0.1, 0.15) is 0 Å². The van der Waals surface area contributed by atoms with Crippen LogP contribution in [-0.4, -0.2) is 17.2 Å². The van der Waals surface area contributed by atoms with Gasteiger partial charge in [0.05, 0.1) is 0 Å². The number of carbonyl (C=O) groups is 1. The van der Waals surface area contributed by atoms with Gasteiger partial charge in [-0.1, -0.05) is 44.2 Å². The summed E-state index contributed by atoms with van der Waals surface area (Å²) in [5.74, 6) is 3.79. The third-order valence-electron chi connectivity index (χ3n) is 3.75. The van der Waals surface area contributed by atoms with Crippen molar-refractivity contribution in [2.24, 2.45) is 11.3 Å². The Morgan fingerprint density at radius 2 is 1.88 bits per heavy atom. The zero-order valence-electron chi connectivity index (χ0n) is 14.1. The van der Waals surface area contributed by atoms with Crippen molar-refractivity contribution in [1.82, 2.24) is 0 Å². The summed E-state index contributed by atoms with van der Waals surface area (Å²) in [5, 5.41) is 12.8. The van der Waals surface area contributed by atoms with Gasteiger partial charge in [-0.3, -0.25) is 4.79 Å².